The molecule has 3 fully saturated rings. The number of methoxy groups -OCH3 is 1. The van der Waals surface area contributed by atoms with E-state index >= 15 is 0 Å². The zero-order valence-corrected chi connectivity index (χ0v) is 19.2. The lowest BCUT2D eigenvalue weighted by molar-refractivity contribution is -0.134. The Hall–Kier alpha value is -3.03. The molecule has 1 aromatic heterocycles. The van der Waals surface area contributed by atoms with Crippen LogP contribution in [0.3, 0.4) is 0 Å². The van der Waals surface area contributed by atoms with Crippen LogP contribution in [0.25, 0.3) is 10.9 Å². The summed E-state index contributed by atoms with van der Waals surface area (Å²) in [6.45, 7) is 1.53. The summed E-state index contributed by atoms with van der Waals surface area (Å²) in [5.74, 6) is 1.09. The van der Waals surface area contributed by atoms with Crippen LogP contribution in [0.4, 0.5) is 4.79 Å². The van der Waals surface area contributed by atoms with Gasteiger partial charge in [-0.1, -0.05) is 19.3 Å². The van der Waals surface area contributed by atoms with Crippen LogP contribution in [0.15, 0.2) is 24.4 Å². The van der Waals surface area contributed by atoms with Crippen LogP contribution >= 0.6 is 0 Å². The quantitative estimate of drug-likeness (QED) is 0.679. The summed E-state index contributed by atoms with van der Waals surface area (Å²) in [5, 5.41) is 4.09. The summed E-state index contributed by atoms with van der Waals surface area (Å²) in [7, 11) is 1.67. The Labute approximate surface area is 193 Å². The number of piperidine rings is 1. The SMILES string of the molecule is COc1ccc2[nH]cc(C3CCN(C(=O)CCN4C(=O)NC5(CCCCC5)C4=O)CC3)c2c1. The maximum atomic E-state index is 12.9. The molecule has 3 heterocycles. The molecule has 8 heteroatoms. The van der Waals surface area contributed by atoms with Crippen molar-refractivity contribution >= 4 is 28.7 Å². The molecule has 2 saturated heterocycles. The molecule has 1 saturated carbocycles. The molecular formula is C25H32N4O4. The minimum absolute atomic E-state index is 0.0132. The lowest BCUT2D eigenvalue weighted by Gasteiger charge is -2.32. The summed E-state index contributed by atoms with van der Waals surface area (Å²) in [6.07, 6.45) is 8.46. The lowest BCUT2D eigenvalue weighted by Crippen LogP contribution is -2.48. The largest absolute Gasteiger partial charge is 0.497 e. The van der Waals surface area contributed by atoms with E-state index in [1.54, 1.807) is 7.11 Å². The first kappa shape index (κ1) is 21.8. The highest BCUT2D eigenvalue weighted by Gasteiger charge is 2.51. The number of urea groups is 1. The van der Waals surface area contributed by atoms with E-state index in [0.29, 0.717) is 31.8 Å². The molecule has 2 aromatic rings. The third-order valence-corrected chi connectivity index (χ3v) is 7.71. The maximum absolute atomic E-state index is 12.9. The first-order chi connectivity index (χ1) is 16.0. The number of fused-ring (bicyclic) bond motifs is 1. The lowest BCUT2D eigenvalue weighted by atomic mass is 9.82. The van der Waals surface area contributed by atoms with Crippen LogP contribution in [0, 0.1) is 0 Å². The molecule has 1 aliphatic carbocycles. The van der Waals surface area contributed by atoms with Gasteiger partial charge in [0.2, 0.25) is 5.91 Å². The van der Waals surface area contributed by atoms with E-state index in [9.17, 15) is 14.4 Å². The van der Waals surface area contributed by atoms with Crippen LogP contribution < -0.4 is 10.1 Å². The van der Waals surface area contributed by atoms with Crippen molar-refractivity contribution < 1.29 is 19.1 Å². The number of likely N-dealkylation sites (tertiary alicyclic amines) is 1. The van der Waals surface area contributed by atoms with Gasteiger partial charge >= 0.3 is 6.03 Å². The number of carbonyl (C=O) groups excluding carboxylic acids is 3. The number of rotatable bonds is 5. The van der Waals surface area contributed by atoms with Crippen LogP contribution in [0.2, 0.25) is 0 Å². The molecular weight excluding hydrogens is 420 g/mol. The highest BCUT2D eigenvalue weighted by atomic mass is 16.5. The number of hydrogen-bond donors (Lipinski definition) is 2. The molecule has 176 valence electrons. The van der Waals surface area contributed by atoms with Crippen molar-refractivity contribution in [3.8, 4) is 5.75 Å². The van der Waals surface area contributed by atoms with Crippen molar-refractivity contribution in [1.82, 2.24) is 20.1 Å². The molecule has 3 aliphatic rings. The Bertz CT molecular complexity index is 1060. The smallest absolute Gasteiger partial charge is 0.325 e. The fraction of sp³-hybridized carbons (Fsp3) is 0.560. The first-order valence-corrected chi connectivity index (χ1v) is 12.1. The number of amides is 4. The van der Waals surface area contributed by atoms with Gasteiger partial charge in [0.05, 0.1) is 7.11 Å². The Balaban J connectivity index is 1.16. The van der Waals surface area contributed by atoms with Crippen LogP contribution in [0.5, 0.6) is 5.75 Å². The molecule has 4 amide bonds. The fourth-order valence-corrected chi connectivity index (χ4v) is 5.76. The molecule has 33 heavy (non-hydrogen) atoms. The molecule has 8 nitrogen and oxygen atoms in total. The number of nitrogens with one attached hydrogen (secondary N) is 2. The zero-order valence-electron chi connectivity index (χ0n) is 19.2. The number of hydrogen-bond acceptors (Lipinski definition) is 4. The van der Waals surface area contributed by atoms with Crippen LogP contribution in [-0.2, 0) is 9.59 Å². The second-order valence-corrected chi connectivity index (χ2v) is 9.59. The molecule has 0 atom stereocenters. The van der Waals surface area contributed by atoms with Crippen molar-refractivity contribution in [2.75, 3.05) is 26.7 Å². The van der Waals surface area contributed by atoms with E-state index in [4.69, 9.17) is 4.74 Å². The monoisotopic (exact) mass is 452 g/mol. The second kappa shape index (κ2) is 8.72. The third-order valence-electron chi connectivity index (χ3n) is 7.71. The number of aromatic nitrogens is 1. The molecule has 0 radical (unpaired) electrons. The number of H-pyrrole nitrogens is 1. The summed E-state index contributed by atoms with van der Waals surface area (Å²) in [6, 6.07) is 5.70. The molecule has 1 spiro atoms. The fourth-order valence-electron chi connectivity index (χ4n) is 5.76. The van der Waals surface area contributed by atoms with E-state index in [-0.39, 0.29) is 30.8 Å². The molecule has 0 unspecified atom stereocenters. The minimum atomic E-state index is -0.723. The van der Waals surface area contributed by atoms with E-state index in [1.807, 2.05) is 17.0 Å². The van der Waals surface area contributed by atoms with Crippen molar-refractivity contribution in [2.24, 2.45) is 0 Å². The van der Waals surface area contributed by atoms with Gasteiger partial charge in [-0.2, -0.15) is 0 Å². The van der Waals surface area contributed by atoms with Gasteiger partial charge in [-0.25, -0.2) is 4.79 Å². The minimum Gasteiger partial charge on any atom is -0.497 e. The van der Waals surface area contributed by atoms with E-state index in [2.05, 4.69) is 22.6 Å². The van der Waals surface area contributed by atoms with Gasteiger partial charge in [-0.15, -0.1) is 0 Å². The number of nitrogens with zero attached hydrogens (tertiary/aromatic N) is 2. The molecule has 2 N–H and O–H groups in total. The van der Waals surface area contributed by atoms with Gasteiger partial charge in [-0.05, 0) is 55.4 Å². The van der Waals surface area contributed by atoms with Crippen LogP contribution in [-0.4, -0.2) is 64.9 Å². The number of carbonyl (C=O) groups is 3. The van der Waals surface area contributed by atoms with Gasteiger partial charge in [-0.3, -0.25) is 14.5 Å². The van der Waals surface area contributed by atoms with Gasteiger partial charge in [0.1, 0.15) is 11.3 Å². The topological polar surface area (TPSA) is 94.7 Å². The molecule has 1 aromatic carbocycles. The summed E-state index contributed by atoms with van der Waals surface area (Å²) >= 11 is 0. The Morgan fingerprint density at radius 2 is 1.91 bits per heavy atom. The van der Waals surface area contributed by atoms with Crippen molar-refractivity contribution in [1.29, 1.82) is 0 Å². The number of imide groups is 1. The summed E-state index contributed by atoms with van der Waals surface area (Å²) in [4.78, 5) is 44.7. The van der Waals surface area contributed by atoms with E-state index in [1.165, 1.54) is 15.8 Å². The number of benzene rings is 1. The van der Waals surface area contributed by atoms with E-state index in [0.717, 1.165) is 43.4 Å². The van der Waals surface area contributed by atoms with Gasteiger partial charge < -0.3 is 19.9 Å². The Morgan fingerprint density at radius 1 is 1.15 bits per heavy atom. The Kier molecular flexibility index (Phi) is 5.76. The van der Waals surface area contributed by atoms with Crippen molar-refractivity contribution in [2.45, 2.75) is 62.8 Å². The highest BCUT2D eigenvalue weighted by molar-refractivity contribution is 6.07. The zero-order chi connectivity index (χ0) is 23.0. The second-order valence-electron chi connectivity index (χ2n) is 9.59. The standard InChI is InChI=1S/C25H32N4O4/c1-33-18-5-6-21-19(15-18)20(16-26-21)17-7-12-28(13-8-17)22(30)9-14-29-23(31)25(27-24(29)32)10-3-2-4-11-25/h5-6,15-17,26H,2-4,7-14H2,1H3,(H,27,32). The number of ether oxygens (including phenoxy) is 1. The molecule has 2 aliphatic heterocycles. The third kappa shape index (κ3) is 3.96. The van der Waals surface area contributed by atoms with E-state index < -0.39 is 5.54 Å². The molecule has 0 bridgehead atoms. The maximum Gasteiger partial charge on any atom is 0.325 e. The van der Waals surface area contributed by atoms with Crippen molar-refractivity contribution in [3.05, 3.63) is 30.0 Å². The molecule has 5 rings (SSSR count). The Morgan fingerprint density at radius 3 is 2.64 bits per heavy atom. The first-order valence-electron chi connectivity index (χ1n) is 12.1. The predicted octanol–water partition coefficient (Wildman–Crippen LogP) is 3.53. The average molecular weight is 453 g/mol. The summed E-state index contributed by atoms with van der Waals surface area (Å²) in [5.41, 5.74) is 1.64. The highest BCUT2D eigenvalue weighted by Crippen LogP contribution is 2.36. The van der Waals surface area contributed by atoms with Gasteiger partial charge in [0.25, 0.3) is 5.91 Å². The van der Waals surface area contributed by atoms with Gasteiger partial charge in [0, 0.05) is 43.2 Å². The average Bonchev–Trinajstić information content (AvgIpc) is 3.36. The predicted molar refractivity (Wildman–Crippen MR) is 124 cm³/mol. The summed E-state index contributed by atoms with van der Waals surface area (Å²) < 4.78 is 5.38. The normalized spacial score (nSPS) is 21.1. The van der Waals surface area contributed by atoms with Crippen LogP contribution in [0.1, 0.15) is 62.8 Å². The number of aromatic amines is 1. The van der Waals surface area contributed by atoms with Crippen molar-refractivity contribution in [3.63, 3.8) is 0 Å². The van der Waals surface area contributed by atoms with Gasteiger partial charge in [0.15, 0.2) is 0 Å².